The third-order valence-corrected chi connectivity index (χ3v) is 7.74. The first-order chi connectivity index (χ1) is 13.4. The predicted octanol–water partition coefficient (Wildman–Crippen LogP) is 6.78. The van der Waals surface area contributed by atoms with Gasteiger partial charge in [-0.25, -0.2) is 4.99 Å². The van der Waals surface area contributed by atoms with E-state index < -0.39 is 0 Å². The smallest absolute Gasteiger partial charge is 0.135 e. The summed E-state index contributed by atoms with van der Waals surface area (Å²) >= 11 is 0. The quantitative estimate of drug-likeness (QED) is 0.481. The maximum absolute atomic E-state index is 5.69. The minimum atomic E-state index is -0.100. The minimum absolute atomic E-state index is 0.100. The predicted molar refractivity (Wildman–Crippen MR) is 121 cm³/mol. The average molecular weight is 411 g/mol. The first-order valence-corrected chi connectivity index (χ1v) is 11.8. The highest BCUT2D eigenvalue weighted by atomic mass is 32.9. The van der Waals surface area contributed by atoms with E-state index in [1.807, 2.05) is 34.6 Å². The zero-order valence-electron chi connectivity index (χ0n) is 17.1. The molecule has 2 aromatic carbocycles. The summed E-state index contributed by atoms with van der Waals surface area (Å²) < 4.78 is 6.77. The number of rotatable bonds is 4. The molecule has 5 heteroatoms. The summed E-state index contributed by atoms with van der Waals surface area (Å²) in [5.74, 6) is 0.901. The second kappa shape index (κ2) is 7.37. The summed E-state index contributed by atoms with van der Waals surface area (Å²) in [7, 11) is 3.58. The zero-order valence-corrected chi connectivity index (χ0v) is 18.7. The van der Waals surface area contributed by atoms with Crippen LogP contribution in [0.5, 0.6) is 5.75 Å². The lowest BCUT2D eigenvalue weighted by atomic mass is 9.88. The van der Waals surface area contributed by atoms with Crippen molar-refractivity contribution >= 4 is 32.1 Å². The van der Waals surface area contributed by atoms with Crippen molar-refractivity contribution in [2.24, 2.45) is 4.99 Å². The molecule has 0 bridgehead atoms. The minimum Gasteiger partial charge on any atom is -0.494 e. The van der Waals surface area contributed by atoms with Gasteiger partial charge >= 0.3 is 0 Å². The van der Waals surface area contributed by atoms with E-state index in [1.165, 1.54) is 32.8 Å². The number of anilines is 1. The molecule has 4 rings (SSSR count). The molecule has 2 heterocycles. The molecule has 3 nitrogen and oxygen atoms in total. The van der Waals surface area contributed by atoms with E-state index >= 15 is 0 Å². The first kappa shape index (κ1) is 19.2. The van der Waals surface area contributed by atoms with Crippen molar-refractivity contribution in [1.82, 2.24) is 0 Å². The summed E-state index contributed by atoms with van der Waals surface area (Å²) in [5, 5.41) is 3.72. The van der Waals surface area contributed by atoms with Crippen LogP contribution in [0.4, 0.5) is 11.4 Å². The number of hydrogen-bond donors (Lipinski definition) is 1. The Morgan fingerprint density at radius 1 is 1.04 bits per heavy atom. The van der Waals surface area contributed by atoms with Crippen molar-refractivity contribution in [2.75, 3.05) is 11.9 Å². The summed E-state index contributed by atoms with van der Waals surface area (Å²) in [5.41, 5.74) is 7.22. The monoisotopic (exact) mass is 410 g/mol. The van der Waals surface area contributed by atoms with E-state index in [0.717, 1.165) is 29.1 Å². The number of benzene rings is 2. The van der Waals surface area contributed by atoms with Crippen molar-refractivity contribution in [1.29, 1.82) is 0 Å². The second-order valence-corrected chi connectivity index (χ2v) is 9.99. The number of nitrogens with one attached hydrogen (secondary N) is 1. The highest BCUT2D eigenvalue weighted by molar-refractivity contribution is 7.68. The molecule has 1 N–H and O–H groups in total. The van der Waals surface area contributed by atoms with Crippen LogP contribution < -0.4 is 14.7 Å². The van der Waals surface area contributed by atoms with Crippen LogP contribution in [-0.2, 0) is 5.54 Å². The Morgan fingerprint density at radius 2 is 1.75 bits per heavy atom. The number of aryl methyl sites for hydroxylation is 2. The standard InChI is InChI=1S/C23H26N2OS2/c1-6-11-26-17-9-7-16(8-10-17)24-22-20-18-12-14(2)15(3)13-19(18)25-23(4,5)21(20)27-28-22/h7-10,12-13,25H,6,11H2,1-5H3. The Morgan fingerprint density at radius 3 is 2.46 bits per heavy atom. The molecule has 3 aromatic rings. The molecule has 1 aliphatic heterocycles. The van der Waals surface area contributed by atoms with Gasteiger partial charge in [0.2, 0.25) is 0 Å². The Labute approximate surface area is 174 Å². The van der Waals surface area contributed by atoms with E-state index in [9.17, 15) is 0 Å². The van der Waals surface area contributed by atoms with Gasteiger partial charge in [-0.3, -0.25) is 0 Å². The van der Waals surface area contributed by atoms with Crippen LogP contribution in [0.3, 0.4) is 0 Å². The van der Waals surface area contributed by atoms with Gasteiger partial charge in [-0.05, 0) is 81.6 Å². The largest absolute Gasteiger partial charge is 0.494 e. The van der Waals surface area contributed by atoms with Gasteiger partial charge in [-0.15, -0.1) is 0 Å². The molecular weight excluding hydrogens is 384 g/mol. The van der Waals surface area contributed by atoms with Crippen LogP contribution in [0.25, 0.3) is 11.1 Å². The van der Waals surface area contributed by atoms with Crippen molar-refractivity contribution in [3.63, 3.8) is 0 Å². The third-order valence-electron chi connectivity index (χ3n) is 5.10. The van der Waals surface area contributed by atoms with Gasteiger partial charge in [0.05, 0.1) is 22.7 Å². The summed E-state index contributed by atoms with van der Waals surface area (Å²) in [6.07, 6.45) is 1.01. The van der Waals surface area contributed by atoms with Gasteiger partial charge in [0, 0.05) is 16.8 Å². The number of nitrogens with zero attached hydrogens (tertiary/aromatic N) is 1. The topological polar surface area (TPSA) is 33.6 Å². The fraction of sp³-hybridized carbons (Fsp3) is 0.348. The summed E-state index contributed by atoms with van der Waals surface area (Å²) in [4.78, 5) is 6.35. The van der Waals surface area contributed by atoms with Crippen LogP contribution in [0, 0.1) is 13.8 Å². The summed E-state index contributed by atoms with van der Waals surface area (Å²) in [6, 6.07) is 12.6. The van der Waals surface area contributed by atoms with E-state index in [1.54, 1.807) is 10.3 Å². The van der Waals surface area contributed by atoms with Crippen molar-refractivity contribution < 1.29 is 4.74 Å². The van der Waals surface area contributed by atoms with E-state index in [4.69, 9.17) is 9.73 Å². The van der Waals surface area contributed by atoms with Crippen molar-refractivity contribution in [3.8, 4) is 16.9 Å². The number of fused-ring (bicyclic) bond motifs is 3. The molecule has 0 unspecified atom stereocenters. The maximum Gasteiger partial charge on any atom is 0.135 e. The first-order valence-electron chi connectivity index (χ1n) is 9.70. The zero-order chi connectivity index (χ0) is 19.9. The van der Waals surface area contributed by atoms with Gasteiger partial charge in [0.25, 0.3) is 0 Å². The molecule has 0 aliphatic carbocycles. The Kier molecular flexibility index (Phi) is 5.06. The number of ether oxygens (including phenoxy) is 1. The van der Waals surface area contributed by atoms with Crippen LogP contribution in [0.15, 0.2) is 41.4 Å². The summed E-state index contributed by atoms with van der Waals surface area (Å²) in [6.45, 7) is 11.7. The molecule has 0 fully saturated rings. The van der Waals surface area contributed by atoms with Crippen molar-refractivity contribution in [2.45, 2.75) is 46.6 Å². The van der Waals surface area contributed by atoms with Crippen molar-refractivity contribution in [3.05, 3.63) is 57.1 Å². The average Bonchev–Trinajstić information content (AvgIpc) is 3.08. The van der Waals surface area contributed by atoms with E-state index in [-0.39, 0.29) is 5.54 Å². The molecule has 0 saturated carbocycles. The number of hydrogen-bond acceptors (Lipinski definition) is 5. The Bertz CT molecular complexity index is 1070. The Balaban J connectivity index is 1.82. The molecule has 0 atom stereocenters. The second-order valence-electron chi connectivity index (χ2n) is 7.86. The SMILES string of the molecule is CCCOc1ccc(N=c2ssc3c2-c2cc(C)c(C)cc2NC3(C)C)cc1. The molecule has 0 saturated heterocycles. The fourth-order valence-corrected chi connectivity index (χ4v) is 6.40. The molecule has 0 spiro atoms. The van der Waals surface area contributed by atoms with Gasteiger partial charge in [0.1, 0.15) is 10.4 Å². The molecule has 1 aliphatic rings. The molecule has 0 radical (unpaired) electrons. The molecule has 1 aromatic heterocycles. The van der Waals surface area contributed by atoms with Gasteiger partial charge in [-0.1, -0.05) is 27.6 Å². The lowest BCUT2D eigenvalue weighted by Crippen LogP contribution is -2.31. The van der Waals surface area contributed by atoms with Gasteiger partial charge in [0.15, 0.2) is 0 Å². The van der Waals surface area contributed by atoms with Crippen LogP contribution >= 0.6 is 20.7 Å². The van der Waals surface area contributed by atoms with Crippen LogP contribution in [0.2, 0.25) is 0 Å². The van der Waals surface area contributed by atoms with E-state index in [0.29, 0.717) is 0 Å². The molecule has 146 valence electrons. The highest BCUT2D eigenvalue weighted by Crippen LogP contribution is 2.46. The van der Waals surface area contributed by atoms with Gasteiger partial charge < -0.3 is 10.1 Å². The Hall–Kier alpha value is -2.11. The lowest BCUT2D eigenvalue weighted by molar-refractivity contribution is 0.317. The third kappa shape index (κ3) is 3.49. The highest BCUT2D eigenvalue weighted by Gasteiger charge is 2.33. The molecule has 0 amide bonds. The van der Waals surface area contributed by atoms with Gasteiger partial charge in [-0.2, -0.15) is 0 Å². The molecular formula is C23H26N2OS2. The molecule has 28 heavy (non-hydrogen) atoms. The van der Waals surface area contributed by atoms with Crippen LogP contribution in [0.1, 0.15) is 43.2 Å². The fourth-order valence-electron chi connectivity index (χ4n) is 3.46. The normalized spacial score (nSPS) is 15.0. The van der Waals surface area contributed by atoms with E-state index in [2.05, 4.69) is 52.1 Å². The van der Waals surface area contributed by atoms with Crippen LogP contribution in [-0.4, -0.2) is 6.61 Å². The maximum atomic E-state index is 5.69. The lowest BCUT2D eigenvalue weighted by Gasteiger charge is -2.33.